The minimum absolute atomic E-state index is 0.372. The number of aryl methyl sites for hydroxylation is 2. The highest BCUT2D eigenvalue weighted by Crippen LogP contribution is 2.25. The van der Waals surface area contributed by atoms with Gasteiger partial charge in [0, 0.05) is 16.1 Å². The fraction of sp³-hybridized carbons (Fsp3) is 0.0909. The van der Waals surface area contributed by atoms with Crippen LogP contribution in [-0.2, 0) is 17.7 Å². The van der Waals surface area contributed by atoms with Gasteiger partial charge in [-0.15, -0.1) is 0 Å². The third-order valence-electron chi connectivity index (χ3n) is 4.49. The molecule has 4 rings (SSSR count). The van der Waals surface area contributed by atoms with E-state index in [9.17, 15) is 4.79 Å². The number of hydrogen-bond acceptors (Lipinski definition) is 3. The normalized spacial score (nSPS) is 12.6. The van der Waals surface area contributed by atoms with E-state index in [1.54, 1.807) is 24.3 Å². The van der Waals surface area contributed by atoms with E-state index in [1.165, 1.54) is 11.1 Å². The SMILES string of the molecule is O=C(ON=C1c2ccccc2CCc2ccccc21)c1cccc(Cl)c1. The molecule has 0 saturated carbocycles. The summed E-state index contributed by atoms with van der Waals surface area (Å²) in [5.41, 5.74) is 5.44. The number of hydrogen-bond donors (Lipinski definition) is 0. The maximum absolute atomic E-state index is 12.4. The summed E-state index contributed by atoms with van der Waals surface area (Å²) in [5.74, 6) is -0.529. The molecule has 0 fully saturated rings. The second kappa shape index (κ2) is 7.14. The smallest absolute Gasteiger partial charge is 0.312 e. The lowest BCUT2D eigenvalue weighted by Gasteiger charge is -2.09. The highest BCUT2D eigenvalue weighted by Gasteiger charge is 2.20. The molecule has 0 N–H and O–H groups in total. The summed E-state index contributed by atoms with van der Waals surface area (Å²) >= 11 is 5.95. The zero-order chi connectivity index (χ0) is 17.9. The van der Waals surface area contributed by atoms with Crippen LogP contribution in [0.5, 0.6) is 0 Å². The Labute approximate surface area is 156 Å². The van der Waals surface area contributed by atoms with Crippen LogP contribution in [0.1, 0.15) is 32.6 Å². The topological polar surface area (TPSA) is 38.7 Å². The number of benzene rings is 3. The van der Waals surface area contributed by atoms with Gasteiger partial charge in [-0.2, -0.15) is 0 Å². The van der Waals surface area contributed by atoms with E-state index < -0.39 is 5.97 Å². The second-order valence-corrected chi connectivity index (χ2v) is 6.58. The molecule has 0 unspecified atom stereocenters. The molecule has 26 heavy (non-hydrogen) atoms. The summed E-state index contributed by atoms with van der Waals surface area (Å²) < 4.78 is 0. The third-order valence-corrected chi connectivity index (χ3v) is 4.72. The summed E-state index contributed by atoms with van der Waals surface area (Å²) in [6.45, 7) is 0. The van der Waals surface area contributed by atoms with Gasteiger partial charge in [0.1, 0.15) is 5.71 Å². The summed E-state index contributed by atoms with van der Waals surface area (Å²) in [4.78, 5) is 17.6. The molecule has 3 aromatic rings. The van der Waals surface area contributed by atoms with Crippen LogP contribution in [0.15, 0.2) is 78.0 Å². The van der Waals surface area contributed by atoms with Crippen LogP contribution in [0.2, 0.25) is 5.02 Å². The zero-order valence-electron chi connectivity index (χ0n) is 14.0. The van der Waals surface area contributed by atoms with E-state index in [0.717, 1.165) is 24.0 Å². The molecule has 1 aliphatic carbocycles. The van der Waals surface area contributed by atoms with Gasteiger partial charge < -0.3 is 4.84 Å². The van der Waals surface area contributed by atoms with Crippen molar-refractivity contribution in [1.82, 2.24) is 0 Å². The van der Waals surface area contributed by atoms with Crippen molar-refractivity contribution in [3.8, 4) is 0 Å². The van der Waals surface area contributed by atoms with Gasteiger partial charge in [-0.05, 0) is 42.2 Å². The number of carbonyl (C=O) groups is 1. The molecular weight excluding hydrogens is 346 g/mol. The van der Waals surface area contributed by atoms with Crippen LogP contribution in [0, 0.1) is 0 Å². The van der Waals surface area contributed by atoms with Gasteiger partial charge >= 0.3 is 5.97 Å². The van der Waals surface area contributed by atoms with Gasteiger partial charge in [0.15, 0.2) is 0 Å². The number of nitrogens with zero attached hydrogens (tertiary/aromatic N) is 1. The monoisotopic (exact) mass is 361 g/mol. The van der Waals surface area contributed by atoms with Crippen molar-refractivity contribution in [3.05, 3.63) is 106 Å². The fourth-order valence-corrected chi connectivity index (χ4v) is 3.40. The summed E-state index contributed by atoms with van der Waals surface area (Å²) in [6.07, 6.45) is 1.85. The Morgan fingerprint density at radius 2 is 1.46 bits per heavy atom. The fourth-order valence-electron chi connectivity index (χ4n) is 3.21. The zero-order valence-corrected chi connectivity index (χ0v) is 14.7. The van der Waals surface area contributed by atoms with E-state index in [4.69, 9.17) is 16.4 Å². The van der Waals surface area contributed by atoms with Crippen LogP contribution < -0.4 is 0 Å². The van der Waals surface area contributed by atoms with E-state index in [0.29, 0.717) is 16.3 Å². The predicted molar refractivity (Wildman–Crippen MR) is 103 cm³/mol. The molecule has 3 nitrogen and oxygen atoms in total. The van der Waals surface area contributed by atoms with E-state index in [1.807, 2.05) is 36.4 Å². The first-order valence-electron chi connectivity index (χ1n) is 8.44. The first-order valence-corrected chi connectivity index (χ1v) is 8.81. The average molecular weight is 362 g/mol. The Morgan fingerprint density at radius 1 is 0.846 bits per heavy atom. The van der Waals surface area contributed by atoms with E-state index in [-0.39, 0.29) is 0 Å². The van der Waals surface area contributed by atoms with Crippen molar-refractivity contribution in [3.63, 3.8) is 0 Å². The van der Waals surface area contributed by atoms with Gasteiger partial charge in [-0.25, -0.2) is 4.79 Å². The molecule has 128 valence electrons. The Bertz CT molecular complexity index is 961. The molecule has 0 heterocycles. The molecule has 0 aromatic heterocycles. The van der Waals surface area contributed by atoms with Crippen molar-refractivity contribution in [2.24, 2.45) is 5.16 Å². The number of oxime groups is 1. The largest absolute Gasteiger partial charge is 0.365 e. The average Bonchev–Trinajstić information content (AvgIpc) is 2.83. The standard InChI is InChI=1S/C22H16ClNO2/c23-18-9-5-8-17(14-18)22(25)26-24-21-19-10-3-1-6-15(19)12-13-16-7-2-4-11-20(16)21/h1-11,14H,12-13H2. The van der Waals surface area contributed by atoms with Crippen molar-refractivity contribution < 1.29 is 9.63 Å². The molecule has 0 saturated heterocycles. The third kappa shape index (κ3) is 3.26. The van der Waals surface area contributed by atoms with Crippen LogP contribution in [0.25, 0.3) is 0 Å². The molecule has 0 amide bonds. The highest BCUT2D eigenvalue weighted by molar-refractivity contribution is 6.30. The van der Waals surface area contributed by atoms with Crippen LogP contribution >= 0.6 is 11.6 Å². The Hall–Kier alpha value is -2.91. The first kappa shape index (κ1) is 16.6. The predicted octanol–water partition coefficient (Wildman–Crippen LogP) is 5.05. The summed E-state index contributed by atoms with van der Waals surface area (Å²) in [5, 5.41) is 4.74. The van der Waals surface area contributed by atoms with E-state index in [2.05, 4.69) is 17.3 Å². The van der Waals surface area contributed by atoms with Gasteiger partial charge in [-0.1, -0.05) is 71.4 Å². The Kier molecular flexibility index (Phi) is 4.55. The minimum atomic E-state index is -0.529. The molecule has 1 aliphatic rings. The molecule has 3 aromatic carbocycles. The summed E-state index contributed by atoms with van der Waals surface area (Å²) in [7, 11) is 0. The first-order chi connectivity index (χ1) is 12.7. The number of fused-ring (bicyclic) bond motifs is 2. The second-order valence-electron chi connectivity index (χ2n) is 6.14. The van der Waals surface area contributed by atoms with Crippen molar-refractivity contribution in [2.45, 2.75) is 12.8 Å². The van der Waals surface area contributed by atoms with E-state index >= 15 is 0 Å². The molecule has 0 radical (unpaired) electrons. The van der Waals surface area contributed by atoms with Crippen molar-refractivity contribution >= 4 is 23.3 Å². The highest BCUT2D eigenvalue weighted by atomic mass is 35.5. The number of carbonyl (C=O) groups excluding carboxylic acids is 1. The summed E-state index contributed by atoms with van der Waals surface area (Å²) in [6, 6.07) is 22.8. The van der Waals surface area contributed by atoms with Crippen LogP contribution in [0.3, 0.4) is 0 Å². The maximum Gasteiger partial charge on any atom is 0.365 e. The lowest BCUT2D eigenvalue weighted by molar-refractivity contribution is 0.0517. The van der Waals surface area contributed by atoms with Crippen molar-refractivity contribution in [1.29, 1.82) is 0 Å². The maximum atomic E-state index is 12.4. The molecule has 0 atom stereocenters. The van der Waals surface area contributed by atoms with Crippen LogP contribution in [-0.4, -0.2) is 11.7 Å². The van der Waals surface area contributed by atoms with Gasteiger partial charge in [0.05, 0.1) is 5.56 Å². The lowest BCUT2D eigenvalue weighted by Crippen LogP contribution is -2.09. The van der Waals surface area contributed by atoms with Gasteiger partial charge in [-0.3, -0.25) is 0 Å². The molecule has 0 bridgehead atoms. The van der Waals surface area contributed by atoms with Crippen LogP contribution in [0.4, 0.5) is 0 Å². The van der Waals surface area contributed by atoms with Gasteiger partial charge in [0.2, 0.25) is 0 Å². The quantitative estimate of drug-likeness (QED) is 0.473. The minimum Gasteiger partial charge on any atom is -0.312 e. The molecule has 4 heteroatoms. The number of rotatable bonds is 2. The Morgan fingerprint density at radius 3 is 2.08 bits per heavy atom. The molecule has 0 aliphatic heterocycles. The van der Waals surface area contributed by atoms with Gasteiger partial charge in [0.25, 0.3) is 0 Å². The Balaban J connectivity index is 1.75. The molecular formula is C22H16ClNO2. The lowest BCUT2D eigenvalue weighted by atomic mass is 9.98. The molecule has 0 spiro atoms. The number of halogens is 1. The van der Waals surface area contributed by atoms with Crippen molar-refractivity contribution in [2.75, 3.05) is 0 Å².